The molecule has 0 unspecified atom stereocenters. The van der Waals surface area contributed by atoms with Crippen LogP contribution < -0.4 is 14.8 Å². The lowest BCUT2D eigenvalue weighted by molar-refractivity contribution is -0.131. The Morgan fingerprint density at radius 2 is 1.67 bits per heavy atom. The first kappa shape index (κ1) is 43.2. The smallest absolute Gasteiger partial charge is 0.336 e. The van der Waals surface area contributed by atoms with Gasteiger partial charge in [-0.05, 0) is 79.7 Å². The average molecular weight is 812 g/mol. The molecule has 1 aliphatic heterocycles. The van der Waals surface area contributed by atoms with Crippen molar-refractivity contribution in [1.82, 2.24) is 4.58 Å². The minimum absolute atomic E-state index is 0.0262. The van der Waals surface area contributed by atoms with Crippen molar-refractivity contribution in [2.75, 3.05) is 50.3 Å². The van der Waals surface area contributed by atoms with E-state index < -0.39 is 23.0 Å². The van der Waals surface area contributed by atoms with Crippen LogP contribution in [-0.2, 0) is 9.59 Å². The number of nitrogens with zero attached hydrogens (tertiary/aromatic N) is 2. The Balaban J connectivity index is 1.34. The van der Waals surface area contributed by atoms with Gasteiger partial charge >= 0.3 is 11.9 Å². The van der Waals surface area contributed by atoms with Gasteiger partial charge in [0.15, 0.2) is 11.6 Å². The van der Waals surface area contributed by atoms with Crippen LogP contribution in [0.2, 0.25) is 0 Å². The molecular weight excluding hydrogens is 761 g/mol. The molecule has 2 aliphatic carbocycles. The summed E-state index contributed by atoms with van der Waals surface area (Å²) in [5.74, 6) is -0.375. The third kappa shape index (κ3) is 9.29. The molecule has 0 saturated carbocycles. The van der Waals surface area contributed by atoms with Crippen LogP contribution in [0.5, 0.6) is 0 Å². The molecule has 2 aromatic rings. The summed E-state index contributed by atoms with van der Waals surface area (Å²) in [7, 11) is 7.74. The lowest BCUT2D eigenvalue weighted by Crippen LogP contribution is -2.49. The number of benzene rings is 3. The fourth-order valence-electron chi connectivity index (χ4n) is 7.19. The lowest BCUT2D eigenvalue weighted by Gasteiger charge is -2.45. The van der Waals surface area contributed by atoms with Crippen LogP contribution in [0.1, 0.15) is 67.7 Å². The molecule has 57 heavy (non-hydrogen) atoms. The maximum atomic E-state index is 14.0. The van der Waals surface area contributed by atoms with Gasteiger partial charge in [-0.1, -0.05) is 32.1 Å². The highest BCUT2D eigenvalue weighted by Crippen LogP contribution is 2.49. The number of anilines is 1. The van der Waals surface area contributed by atoms with Gasteiger partial charge in [-0.25, -0.2) is 14.2 Å². The first-order chi connectivity index (χ1) is 26.9. The molecule has 0 amide bonds. The van der Waals surface area contributed by atoms with Gasteiger partial charge in [0, 0.05) is 77.5 Å². The van der Waals surface area contributed by atoms with Crippen LogP contribution in [0, 0.1) is 5.41 Å². The number of carboxylic acids is 2. The quantitative estimate of drug-likeness (QED) is 0.0268. The number of aliphatic carboxylic acids is 1. The number of ketones is 2. The van der Waals surface area contributed by atoms with E-state index >= 15 is 0 Å². The molecule has 0 bridgehead atoms. The minimum Gasteiger partial charge on any atom is -0.478 e. The summed E-state index contributed by atoms with van der Waals surface area (Å²) < 4.78 is 8.42. The highest BCUT2D eigenvalue weighted by Gasteiger charge is 2.49. The number of rotatable bonds is 15. The van der Waals surface area contributed by atoms with Gasteiger partial charge in [0.1, 0.15) is 31.0 Å². The van der Waals surface area contributed by atoms with E-state index in [1.165, 1.54) is 29.6 Å². The van der Waals surface area contributed by atoms with Gasteiger partial charge in [0.25, 0.3) is 0 Å². The second-order valence-corrected chi connectivity index (χ2v) is 17.7. The number of unbranched alkanes of at least 4 members (excludes halogenated alkanes) is 1. The van der Waals surface area contributed by atoms with E-state index in [-0.39, 0.29) is 29.3 Å². The maximum Gasteiger partial charge on any atom is 0.336 e. The van der Waals surface area contributed by atoms with E-state index in [4.69, 9.17) is 9.52 Å². The molecule has 3 aliphatic rings. The summed E-state index contributed by atoms with van der Waals surface area (Å²) in [6.07, 6.45) is 5.94. The number of hydrogen-bond acceptors (Lipinski definition) is 9. The average Bonchev–Trinajstić information content (AvgIpc) is 3.14. The second kappa shape index (κ2) is 17.7. The summed E-state index contributed by atoms with van der Waals surface area (Å²) in [6, 6.07) is 16.4. The van der Waals surface area contributed by atoms with Crippen LogP contribution in [0.15, 0.2) is 93.3 Å². The Morgan fingerprint density at radius 3 is 2.33 bits per heavy atom. The van der Waals surface area contributed by atoms with Crippen molar-refractivity contribution in [1.29, 1.82) is 0 Å². The number of carboxylic acid groups (broad SMARTS) is 2. The summed E-state index contributed by atoms with van der Waals surface area (Å²) >= 11 is 2.90. The van der Waals surface area contributed by atoms with Crippen LogP contribution in [0.4, 0.5) is 5.69 Å². The van der Waals surface area contributed by atoms with Gasteiger partial charge in [-0.3, -0.25) is 9.59 Å². The van der Waals surface area contributed by atoms with E-state index in [0.717, 1.165) is 30.0 Å². The van der Waals surface area contributed by atoms with E-state index in [0.29, 0.717) is 66.5 Å². The molecule has 0 aromatic heterocycles. The third-order valence-electron chi connectivity index (χ3n) is 10.5. The Kier molecular flexibility index (Phi) is 13.4. The van der Waals surface area contributed by atoms with Gasteiger partial charge in [0.2, 0.25) is 5.36 Å². The predicted octanol–water partition coefficient (Wildman–Crippen LogP) is 8.02. The van der Waals surface area contributed by atoms with Gasteiger partial charge in [-0.15, -0.1) is 11.8 Å². The topological polar surface area (TPSA) is 148 Å². The SMILES string of the molecule is CC1=C(SCCCCSCC(=O)c2cccc(C(=O)O)c2-c2c3ccc(=[N+](C)C)cc-3oc3cc(N(C)C)ccc23)C(=O)CC(C)(C)[C@@]1(O)/C=C/C(C)=C\C(=O)O. The minimum atomic E-state index is -1.43. The second-order valence-electron chi connectivity index (χ2n) is 15.5. The Hall–Kier alpha value is -4.91. The number of allylic oxidation sites excluding steroid dienone is 3. The van der Waals surface area contributed by atoms with Crippen molar-refractivity contribution < 1.29 is 38.9 Å². The van der Waals surface area contributed by atoms with E-state index in [9.17, 15) is 29.4 Å². The van der Waals surface area contributed by atoms with E-state index in [1.54, 1.807) is 38.1 Å². The van der Waals surface area contributed by atoms with Crippen molar-refractivity contribution in [2.24, 2.45) is 5.41 Å². The Bertz CT molecular complexity index is 2380. The first-order valence-corrected chi connectivity index (χ1v) is 20.9. The molecule has 0 fully saturated rings. The fourth-order valence-corrected chi connectivity index (χ4v) is 9.24. The van der Waals surface area contributed by atoms with Crippen LogP contribution in [-0.4, -0.2) is 89.9 Å². The van der Waals surface area contributed by atoms with Gasteiger partial charge in [-0.2, -0.15) is 11.8 Å². The molecule has 10 nitrogen and oxygen atoms in total. The zero-order valence-electron chi connectivity index (χ0n) is 33.8. The van der Waals surface area contributed by atoms with Crippen LogP contribution >= 0.6 is 23.5 Å². The number of aromatic carboxylic acids is 1. The number of hydrogen-bond donors (Lipinski definition) is 3. The molecule has 1 heterocycles. The number of carbonyl (C=O) groups is 4. The first-order valence-electron chi connectivity index (χ1n) is 18.7. The summed E-state index contributed by atoms with van der Waals surface area (Å²) in [5.41, 5.74) is 2.34. The Labute approximate surface area is 342 Å². The van der Waals surface area contributed by atoms with Crippen molar-refractivity contribution in [3.8, 4) is 22.5 Å². The van der Waals surface area contributed by atoms with Crippen LogP contribution in [0.25, 0.3) is 33.4 Å². The molecule has 12 heteroatoms. The van der Waals surface area contributed by atoms with E-state index in [2.05, 4.69) is 0 Å². The molecule has 1 atom stereocenters. The molecule has 5 rings (SSSR count). The zero-order valence-corrected chi connectivity index (χ0v) is 35.4. The van der Waals surface area contributed by atoms with Crippen molar-refractivity contribution >= 4 is 63.7 Å². The lowest BCUT2D eigenvalue weighted by atomic mass is 9.64. The normalized spacial score (nSPS) is 17.1. The molecule has 0 spiro atoms. The summed E-state index contributed by atoms with van der Waals surface area (Å²) in [4.78, 5) is 53.6. The monoisotopic (exact) mass is 811 g/mol. The molecule has 0 saturated heterocycles. The van der Waals surface area contributed by atoms with Gasteiger partial charge in [0.05, 0.1) is 22.3 Å². The van der Waals surface area contributed by atoms with Crippen LogP contribution in [0.3, 0.4) is 0 Å². The third-order valence-corrected chi connectivity index (χ3v) is 12.8. The highest BCUT2D eigenvalue weighted by molar-refractivity contribution is 8.04. The summed E-state index contributed by atoms with van der Waals surface area (Å²) in [6.45, 7) is 7.07. The molecule has 300 valence electrons. The Morgan fingerprint density at radius 1 is 0.965 bits per heavy atom. The van der Waals surface area contributed by atoms with Gasteiger partial charge < -0.3 is 24.6 Å². The van der Waals surface area contributed by atoms with Crippen molar-refractivity contribution in [3.63, 3.8) is 0 Å². The molecule has 3 N–H and O–H groups in total. The maximum absolute atomic E-state index is 14.0. The highest BCUT2D eigenvalue weighted by atomic mass is 32.2. The molecular formula is C45H51N2O8S2+. The number of Topliss-reactive ketones (excluding diaryl/α,β-unsaturated/α-hetero) is 2. The predicted molar refractivity (Wildman–Crippen MR) is 232 cm³/mol. The van der Waals surface area contributed by atoms with Crippen molar-refractivity contribution in [2.45, 2.75) is 52.6 Å². The standard InChI is InChI=1S/C45H50N2O8S2/c1-27(22-39(50)51)18-19-45(54)28(2)42(35(48)25-44(45,3)4)57-21-10-9-20-56-26-36(49)31-12-11-13-34(43(52)53)40(31)41-32-16-14-29(46(5)6)23-37(32)55-38-24-30(47(7)8)15-17-33(38)41/h11-19,22-24,54H,9-10,20-21,25-26H2,1-8H3,(H-,50,51,52,53)/p+1/b19-18+,27-22-/t45-/m1/s1. The number of fused-ring (bicyclic) bond motifs is 2. The number of carbonyl (C=O) groups excluding carboxylic acids is 2. The number of aliphatic hydroxyl groups is 1. The van der Waals surface area contributed by atoms with E-state index in [1.807, 2.05) is 87.9 Å². The molecule has 0 radical (unpaired) electrons. The fraction of sp³-hybridized carbons (Fsp3) is 0.356. The molecule has 2 aromatic carbocycles. The zero-order chi connectivity index (χ0) is 41.8. The summed E-state index contributed by atoms with van der Waals surface area (Å²) in [5, 5.41) is 32.9. The van der Waals surface area contributed by atoms with Crippen molar-refractivity contribution in [3.05, 3.63) is 105 Å². The largest absolute Gasteiger partial charge is 0.478 e. The number of thioether (sulfide) groups is 2.